The minimum absolute atomic E-state index is 0.663. The summed E-state index contributed by atoms with van der Waals surface area (Å²) < 4.78 is 2.54. The molecule has 0 saturated heterocycles. The molecule has 3 nitrogen and oxygen atoms in total. The van der Waals surface area contributed by atoms with Crippen LogP contribution in [0.4, 0.5) is 0 Å². The van der Waals surface area contributed by atoms with Crippen molar-refractivity contribution in [2.75, 3.05) is 0 Å². The lowest BCUT2D eigenvalue weighted by molar-refractivity contribution is -0.104. The molecule has 0 unspecified atom stereocenters. The fourth-order valence-corrected chi connectivity index (χ4v) is 1.65. The average Bonchev–Trinajstić information content (AvgIpc) is 2.74. The van der Waals surface area contributed by atoms with E-state index in [2.05, 4.69) is 4.98 Å². The van der Waals surface area contributed by atoms with E-state index < -0.39 is 0 Å². The molecule has 2 rings (SSSR count). The zero-order valence-corrected chi connectivity index (χ0v) is 9.28. The smallest absolute Gasteiger partial charge is 0.181 e. The molecule has 0 saturated carbocycles. The number of nitrogens with one attached hydrogen (secondary N) is 1. The largest absolute Gasteiger partial charge is 0.337 e. The molecule has 16 heavy (non-hydrogen) atoms. The Balaban J connectivity index is 2.33. The number of aromatic amines is 1. The molecule has 0 fully saturated rings. The van der Waals surface area contributed by atoms with Gasteiger partial charge in [0.25, 0.3) is 0 Å². The van der Waals surface area contributed by atoms with Gasteiger partial charge in [0.1, 0.15) is 6.29 Å². The zero-order valence-electron chi connectivity index (χ0n) is 8.46. The van der Waals surface area contributed by atoms with Crippen LogP contribution in [-0.2, 0) is 4.79 Å². The van der Waals surface area contributed by atoms with Gasteiger partial charge in [-0.3, -0.25) is 9.36 Å². The Morgan fingerprint density at radius 2 is 2.00 bits per heavy atom. The van der Waals surface area contributed by atoms with Crippen LogP contribution >= 0.6 is 12.2 Å². The lowest BCUT2D eigenvalue weighted by Crippen LogP contribution is -1.91. The number of carbonyl (C=O) groups is 1. The normalized spacial score (nSPS) is 10.8. The first kappa shape index (κ1) is 10.6. The summed E-state index contributed by atoms with van der Waals surface area (Å²) in [7, 11) is 0. The third-order valence-electron chi connectivity index (χ3n) is 2.19. The molecule has 0 atom stereocenters. The Hall–Kier alpha value is -1.94. The molecule has 1 N–H and O–H groups in total. The molecule has 1 aromatic heterocycles. The molecule has 4 heteroatoms. The lowest BCUT2D eigenvalue weighted by Gasteiger charge is -2.02. The molecule has 0 aliphatic heterocycles. The summed E-state index contributed by atoms with van der Waals surface area (Å²) in [5, 5.41) is 0. The number of carbonyl (C=O) groups excluding carboxylic acids is 1. The predicted octanol–water partition coefficient (Wildman–Crippen LogP) is 2.75. The van der Waals surface area contributed by atoms with Crippen LogP contribution in [0.25, 0.3) is 11.8 Å². The third-order valence-corrected chi connectivity index (χ3v) is 2.50. The van der Waals surface area contributed by atoms with Gasteiger partial charge < -0.3 is 4.98 Å². The second kappa shape index (κ2) is 4.72. The maximum atomic E-state index is 10.2. The van der Waals surface area contributed by atoms with Crippen LogP contribution in [0.15, 0.2) is 42.7 Å². The van der Waals surface area contributed by atoms with Gasteiger partial charge in [0.15, 0.2) is 4.77 Å². The Morgan fingerprint density at radius 3 is 2.56 bits per heavy atom. The molecule has 1 aromatic carbocycles. The molecule has 0 amide bonds. The molecular weight excluding hydrogens is 220 g/mol. The topological polar surface area (TPSA) is 37.8 Å². The molecule has 0 spiro atoms. The van der Waals surface area contributed by atoms with Gasteiger partial charge >= 0.3 is 0 Å². The quantitative estimate of drug-likeness (QED) is 0.500. The van der Waals surface area contributed by atoms with Crippen LogP contribution in [0, 0.1) is 4.77 Å². The first-order chi connectivity index (χ1) is 7.81. The van der Waals surface area contributed by atoms with Gasteiger partial charge in [0.2, 0.25) is 0 Å². The molecular formula is C12H10N2OS. The van der Waals surface area contributed by atoms with Crippen LogP contribution in [0.3, 0.4) is 0 Å². The maximum Gasteiger partial charge on any atom is 0.181 e. The van der Waals surface area contributed by atoms with E-state index in [0.717, 1.165) is 17.5 Å². The average molecular weight is 230 g/mol. The monoisotopic (exact) mass is 230 g/mol. The molecule has 0 radical (unpaired) electrons. The van der Waals surface area contributed by atoms with Gasteiger partial charge in [-0.05, 0) is 36.0 Å². The Morgan fingerprint density at radius 1 is 1.25 bits per heavy atom. The first-order valence-corrected chi connectivity index (χ1v) is 5.20. The van der Waals surface area contributed by atoms with Crippen LogP contribution in [-0.4, -0.2) is 15.8 Å². The van der Waals surface area contributed by atoms with Crippen molar-refractivity contribution in [3.8, 4) is 5.69 Å². The van der Waals surface area contributed by atoms with Crippen molar-refractivity contribution in [2.24, 2.45) is 0 Å². The summed E-state index contributed by atoms with van der Waals surface area (Å²) in [6, 6.07) is 7.77. The third kappa shape index (κ3) is 2.17. The molecule has 2 aromatic rings. The zero-order chi connectivity index (χ0) is 11.4. The maximum absolute atomic E-state index is 10.2. The number of aromatic nitrogens is 2. The highest BCUT2D eigenvalue weighted by Gasteiger charge is 1.96. The molecule has 0 aliphatic carbocycles. The highest BCUT2D eigenvalue weighted by molar-refractivity contribution is 7.71. The van der Waals surface area contributed by atoms with Gasteiger partial charge in [0, 0.05) is 18.1 Å². The lowest BCUT2D eigenvalue weighted by atomic mass is 10.2. The van der Waals surface area contributed by atoms with Crippen molar-refractivity contribution in [3.63, 3.8) is 0 Å². The van der Waals surface area contributed by atoms with Crippen LogP contribution in [0.2, 0.25) is 0 Å². The Bertz CT molecular complexity index is 563. The van der Waals surface area contributed by atoms with E-state index in [9.17, 15) is 4.79 Å². The van der Waals surface area contributed by atoms with Crippen molar-refractivity contribution >= 4 is 24.6 Å². The second-order valence-corrected chi connectivity index (χ2v) is 3.61. The van der Waals surface area contributed by atoms with Crippen molar-refractivity contribution in [2.45, 2.75) is 0 Å². The summed E-state index contributed by atoms with van der Waals surface area (Å²) in [6.07, 6.45) is 7.65. The van der Waals surface area contributed by atoms with Gasteiger partial charge in [0.05, 0.1) is 0 Å². The number of imidazole rings is 1. The minimum atomic E-state index is 0.663. The van der Waals surface area contributed by atoms with E-state index in [1.165, 1.54) is 6.08 Å². The van der Waals surface area contributed by atoms with E-state index in [0.29, 0.717) is 4.77 Å². The summed E-state index contributed by atoms with van der Waals surface area (Å²) >= 11 is 5.12. The standard InChI is InChI=1S/C12H10N2OS/c15-9-1-2-10-3-5-11(6-4-10)14-8-7-13-12(14)16/h1-9H,(H,13,16). The molecule has 0 bridgehead atoms. The van der Waals surface area contributed by atoms with Gasteiger partial charge in [-0.1, -0.05) is 18.2 Å². The van der Waals surface area contributed by atoms with E-state index in [1.54, 1.807) is 12.3 Å². The number of hydrogen-bond donors (Lipinski definition) is 1. The molecule has 80 valence electrons. The van der Waals surface area contributed by atoms with E-state index in [1.807, 2.05) is 35.0 Å². The van der Waals surface area contributed by atoms with Crippen LogP contribution < -0.4 is 0 Å². The number of aldehydes is 1. The summed E-state index contributed by atoms with van der Waals surface area (Å²) in [5.74, 6) is 0. The van der Waals surface area contributed by atoms with Crippen molar-refractivity contribution in [3.05, 3.63) is 53.1 Å². The number of H-pyrrole nitrogens is 1. The fourth-order valence-electron chi connectivity index (χ4n) is 1.42. The number of benzene rings is 1. The van der Waals surface area contributed by atoms with E-state index in [4.69, 9.17) is 12.2 Å². The Labute approximate surface area is 98.1 Å². The first-order valence-electron chi connectivity index (χ1n) is 4.79. The predicted molar refractivity (Wildman–Crippen MR) is 66.1 cm³/mol. The number of hydrogen-bond acceptors (Lipinski definition) is 2. The fraction of sp³-hybridized carbons (Fsp3) is 0. The minimum Gasteiger partial charge on any atom is -0.337 e. The van der Waals surface area contributed by atoms with Crippen molar-refractivity contribution in [1.82, 2.24) is 9.55 Å². The van der Waals surface area contributed by atoms with E-state index >= 15 is 0 Å². The Kier molecular flexibility index (Phi) is 3.12. The van der Waals surface area contributed by atoms with Gasteiger partial charge in [-0.25, -0.2) is 0 Å². The summed E-state index contributed by atoms with van der Waals surface area (Å²) in [5.41, 5.74) is 1.98. The number of rotatable bonds is 3. The van der Waals surface area contributed by atoms with Gasteiger partial charge in [-0.15, -0.1) is 0 Å². The van der Waals surface area contributed by atoms with Crippen molar-refractivity contribution in [1.29, 1.82) is 0 Å². The SMILES string of the molecule is O=CC=Cc1ccc(-n2cc[nH]c2=S)cc1. The molecule has 0 aliphatic rings. The highest BCUT2D eigenvalue weighted by Crippen LogP contribution is 2.11. The second-order valence-electron chi connectivity index (χ2n) is 3.22. The van der Waals surface area contributed by atoms with Crippen LogP contribution in [0.1, 0.15) is 5.56 Å². The number of nitrogens with zero attached hydrogens (tertiary/aromatic N) is 1. The van der Waals surface area contributed by atoms with Crippen molar-refractivity contribution < 1.29 is 4.79 Å². The summed E-state index contributed by atoms with van der Waals surface area (Å²) in [6.45, 7) is 0. The van der Waals surface area contributed by atoms with Gasteiger partial charge in [-0.2, -0.15) is 0 Å². The molecule has 1 heterocycles. The van der Waals surface area contributed by atoms with E-state index in [-0.39, 0.29) is 0 Å². The highest BCUT2D eigenvalue weighted by atomic mass is 32.1. The summed E-state index contributed by atoms with van der Waals surface area (Å²) in [4.78, 5) is 13.1. The van der Waals surface area contributed by atoms with Crippen LogP contribution in [0.5, 0.6) is 0 Å². The number of allylic oxidation sites excluding steroid dienone is 1.